The number of nitrogens with zero attached hydrogens (tertiary/aromatic N) is 2. The number of carbonyl (C=O) groups is 2. The van der Waals surface area contributed by atoms with Gasteiger partial charge in [0.2, 0.25) is 18.4 Å². The van der Waals surface area contributed by atoms with Gasteiger partial charge in [-0.15, -0.1) is 0 Å². The molecule has 0 aromatic heterocycles. The summed E-state index contributed by atoms with van der Waals surface area (Å²) in [4.78, 5) is 34.8. The monoisotopic (exact) mass is 430 g/mol. The van der Waals surface area contributed by atoms with Gasteiger partial charge in [-0.1, -0.05) is 58.1 Å². The highest BCUT2D eigenvalue weighted by molar-refractivity contribution is 6.06. The average molecular weight is 431 g/mol. The van der Waals surface area contributed by atoms with Gasteiger partial charge in [0.05, 0.1) is 5.71 Å². The average Bonchev–Trinajstić information content (AvgIpc) is 2.72. The quantitative estimate of drug-likeness (QED) is 0.272. The number of nitrogens with one attached hydrogen (secondary N) is 2. The van der Waals surface area contributed by atoms with Crippen molar-refractivity contribution < 1.29 is 14.5 Å². The van der Waals surface area contributed by atoms with Crippen molar-refractivity contribution in [3.8, 4) is 0 Å². The minimum Gasteiger partial charge on any atom is -0.326 e. The van der Waals surface area contributed by atoms with Gasteiger partial charge in [0.15, 0.2) is 0 Å². The van der Waals surface area contributed by atoms with Crippen molar-refractivity contribution >= 4 is 23.2 Å². The zero-order valence-electron chi connectivity index (χ0n) is 18.6. The van der Waals surface area contributed by atoms with E-state index < -0.39 is 0 Å². The van der Waals surface area contributed by atoms with Crippen LogP contribution in [0.25, 0.3) is 0 Å². The lowest BCUT2D eigenvalue weighted by molar-refractivity contribution is -0.480. The third-order valence-electron chi connectivity index (χ3n) is 5.61. The van der Waals surface area contributed by atoms with Crippen molar-refractivity contribution in [3.63, 3.8) is 0 Å². The molecule has 0 fully saturated rings. The first-order valence-corrected chi connectivity index (χ1v) is 11.3. The van der Waals surface area contributed by atoms with Crippen molar-refractivity contribution in [3.05, 3.63) is 39.9 Å². The topological polar surface area (TPSA) is 114 Å². The van der Waals surface area contributed by atoms with Crippen LogP contribution < -0.4 is 10.7 Å². The number of anilines is 1. The first-order valence-electron chi connectivity index (χ1n) is 11.3. The molecular formula is C23H34N4O4. The number of hydrazone groups is 1. The van der Waals surface area contributed by atoms with E-state index in [9.17, 15) is 19.7 Å². The molecule has 0 radical (unpaired) electrons. The predicted octanol–water partition coefficient (Wildman–Crippen LogP) is 4.52. The van der Waals surface area contributed by atoms with Crippen LogP contribution in [-0.4, -0.2) is 29.0 Å². The van der Waals surface area contributed by atoms with E-state index in [0.717, 1.165) is 43.4 Å². The maximum absolute atomic E-state index is 12.9. The lowest BCUT2D eigenvalue weighted by Crippen LogP contribution is -2.32. The van der Waals surface area contributed by atoms with Gasteiger partial charge >= 0.3 is 0 Å². The van der Waals surface area contributed by atoms with Crippen LogP contribution in [0.15, 0.2) is 29.4 Å². The zero-order chi connectivity index (χ0) is 22.6. The van der Waals surface area contributed by atoms with Crippen molar-refractivity contribution in [2.24, 2.45) is 16.9 Å². The molecule has 1 aromatic rings. The highest BCUT2D eigenvalue weighted by Crippen LogP contribution is 2.22. The Kier molecular flexibility index (Phi) is 10.1. The highest BCUT2D eigenvalue weighted by Gasteiger charge is 2.23. The Labute approximate surface area is 184 Å². The van der Waals surface area contributed by atoms with Gasteiger partial charge in [0, 0.05) is 40.9 Å². The third-order valence-corrected chi connectivity index (χ3v) is 5.61. The van der Waals surface area contributed by atoms with E-state index in [2.05, 4.69) is 22.8 Å². The fourth-order valence-electron chi connectivity index (χ4n) is 3.87. The predicted molar refractivity (Wildman–Crippen MR) is 121 cm³/mol. The van der Waals surface area contributed by atoms with Gasteiger partial charge in [0.25, 0.3) is 0 Å². The Bertz CT molecular complexity index is 794. The van der Waals surface area contributed by atoms with Gasteiger partial charge < -0.3 is 5.32 Å². The summed E-state index contributed by atoms with van der Waals surface area (Å²) in [7, 11) is 0. The zero-order valence-corrected chi connectivity index (χ0v) is 18.6. The van der Waals surface area contributed by atoms with Crippen molar-refractivity contribution in [2.45, 2.75) is 71.6 Å². The van der Waals surface area contributed by atoms with Crippen LogP contribution in [0.3, 0.4) is 0 Å². The van der Waals surface area contributed by atoms with Crippen LogP contribution in [-0.2, 0) is 9.59 Å². The van der Waals surface area contributed by atoms with E-state index in [0.29, 0.717) is 24.9 Å². The lowest BCUT2D eigenvalue weighted by Gasteiger charge is -2.20. The standard InChI is InChI=1S/C23H34N4O4/c1-3-4-5-6-7-10-18(12-9-14-27(30)31)23(29)24-20-13-8-11-19(16-20)22-17(2)15-21(28)25-26-22/h8,11,13,16-18H,3-7,9-10,12,14-15H2,1-2H3,(H,24,29)(H,25,28). The van der Waals surface area contributed by atoms with E-state index >= 15 is 0 Å². The molecule has 0 bridgehead atoms. The minimum absolute atomic E-state index is 0.00213. The van der Waals surface area contributed by atoms with E-state index in [1.54, 1.807) is 0 Å². The molecule has 31 heavy (non-hydrogen) atoms. The number of hydrogen-bond acceptors (Lipinski definition) is 5. The number of benzene rings is 1. The maximum atomic E-state index is 12.9. The summed E-state index contributed by atoms with van der Waals surface area (Å²) in [5, 5.41) is 17.8. The first-order chi connectivity index (χ1) is 14.9. The molecule has 1 aliphatic rings. The Hall–Kier alpha value is -2.77. The lowest BCUT2D eigenvalue weighted by atomic mass is 9.93. The molecule has 8 nitrogen and oxygen atoms in total. The largest absolute Gasteiger partial charge is 0.326 e. The summed E-state index contributed by atoms with van der Waals surface area (Å²) in [6, 6.07) is 7.44. The summed E-state index contributed by atoms with van der Waals surface area (Å²) < 4.78 is 0. The van der Waals surface area contributed by atoms with Crippen molar-refractivity contribution in [2.75, 3.05) is 11.9 Å². The molecule has 2 N–H and O–H groups in total. The van der Waals surface area contributed by atoms with Crippen LogP contribution in [0.2, 0.25) is 0 Å². The molecule has 2 atom stereocenters. The summed E-state index contributed by atoms with van der Waals surface area (Å²) in [6.45, 7) is 4.00. The van der Waals surface area contributed by atoms with Gasteiger partial charge in [-0.3, -0.25) is 19.7 Å². The Balaban J connectivity index is 2.01. The van der Waals surface area contributed by atoms with E-state index in [-0.39, 0.29) is 35.1 Å². The molecule has 2 unspecified atom stereocenters. The van der Waals surface area contributed by atoms with E-state index in [4.69, 9.17) is 0 Å². The van der Waals surface area contributed by atoms with Crippen LogP contribution in [0.1, 0.15) is 77.2 Å². The molecule has 2 amide bonds. The van der Waals surface area contributed by atoms with Gasteiger partial charge in [-0.25, -0.2) is 5.43 Å². The number of amides is 2. The first kappa shape index (κ1) is 24.5. The van der Waals surface area contributed by atoms with Crippen LogP contribution >= 0.6 is 0 Å². The fourth-order valence-corrected chi connectivity index (χ4v) is 3.87. The third kappa shape index (κ3) is 8.47. The van der Waals surface area contributed by atoms with E-state index in [1.807, 2.05) is 31.2 Å². The van der Waals surface area contributed by atoms with E-state index in [1.165, 1.54) is 6.42 Å². The molecule has 0 saturated heterocycles. The SMILES string of the molecule is CCCCCCCC(CCC[N+](=O)[O-])C(=O)Nc1cccc(C2=NNC(=O)CC2C)c1. The maximum Gasteiger partial charge on any atom is 0.240 e. The Morgan fingerprint density at radius 1 is 1.26 bits per heavy atom. The second kappa shape index (κ2) is 12.8. The molecule has 8 heteroatoms. The molecule has 0 spiro atoms. The van der Waals surface area contributed by atoms with Crippen molar-refractivity contribution in [1.82, 2.24) is 5.43 Å². The Morgan fingerprint density at radius 3 is 2.71 bits per heavy atom. The molecule has 0 aliphatic carbocycles. The van der Waals surface area contributed by atoms with Crippen molar-refractivity contribution in [1.29, 1.82) is 0 Å². The number of nitro groups is 1. The normalized spacial score (nSPS) is 16.9. The fraction of sp³-hybridized carbons (Fsp3) is 0.609. The molecule has 170 valence electrons. The molecule has 2 rings (SSSR count). The molecule has 1 aliphatic heterocycles. The Morgan fingerprint density at radius 2 is 2.00 bits per heavy atom. The number of unbranched alkanes of at least 4 members (excludes halogenated alkanes) is 4. The molecule has 1 heterocycles. The second-order valence-electron chi connectivity index (χ2n) is 8.31. The number of carbonyl (C=O) groups excluding carboxylic acids is 2. The molecule has 1 aromatic carbocycles. The summed E-state index contributed by atoms with van der Waals surface area (Å²) >= 11 is 0. The van der Waals surface area contributed by atoms with Gasteiger partial charge in [0.1, 0.15) is 0 Å². The van der Waals surface area contributed by atoms with Gasteiger partial charge in [-0.05, 0) is 25.0 Å². The number of hydrogen-bond donors (Lipinski definition) is 2. The van der Waals surface area contributed by atoms with Crippen LogP contribution in [0.5, 0.6) is 0 Å². The highest BCUT2D eigenvalue weighted by atomic mass is 16.6. The summed E-state index contributed by atoms with van der Waals surface area (Å²) in [5.41, 5.74) is 4.82. The second-order valence-corrected chi connectivity index (χ2v) is 8.31. The smallest absolute Gasteiger partial charge is 0.240 e. The van der Waals surface area contributed by atoms with Crippen LogP contribution in [0, 0.1) is 22.0 Å². The minimum atomic E-state index is -0.329. The van der Waals surface area contributed by atoms with Gasteiger partial charge in [-0.2, -0.15) is 5.10 Å². The summed E-state index contributed by atoms with van der Waals surface area (Å²) in [6.07, 6.45) is 7.55. The summed E-state index contributed by atoms with van der Waals surface area (Å²) in [5.74, 6) is -0.437. The molecular weight excluding hydrogens is 396 g/mol. The van der Waals surface area contributed by atoms with Crippen LogP contribution in [0.4, 0.5) is 5.69 Å². The molecule has 0 saturated carbocycles. The number of rotatable bonds is 13.